The molecule has 0 fully saturated rings. The van der Waals surface area contributed by atoms with Gasteiger partial charge in [0, 0.05) is 5.69 Å². The topological polar surface area (TPSA) is 26.0 Å². The van der Waals surface area contributed by atoms with E-state index in [1.807, 2.05) is 6.07 Å². The van der Waals surface area contributed by atoms with E-state index in [0.29, 0.717) is 0 Å². The van der Waals surface area contributed by atoms with Crippen molar-refractivity contribution in [3.05, 3.63) is 147 Å². The Kier molecular flexibility index (Phi) is 8.88. The first-order valence-corrected chi connectivity index (χ1v) is 15.8. The first-order valence-electron chi connectivity index (χ1n) is 15.8. The van der Waals surface area contributed by atoms with Crippen molar-refractivity contribution in [2.24, 2.45) is 5.92 Å². The van der Waals surface area contributed by atoms with Gasteiger partial charge >= 0.3 is 0 Å². The molecule has 4 aromatic rings. The molecule has 42 heavy (non-hydrogen) atoms. The van der Waals surface area contributed by atoms with E-state index in [1.165, 1.54) is 74.1 Å². The number of nitrogen functional groups attached to an aromatic ring is 1. The average molecular weight is 554 g/mol. The van der Waals surface area contributed by atoms with Gasteiger partial charge in [0.15, 0.2) is 0 Å². The predicted octanol–water partition coefficient (Wildman–Crippen LogP) is 10.7. The quantitative estimate of drug-likeness (QED) is 0.245. The van der Waals surface area contributed by atoms with Crippen LogP contribution >= 0.6 is 0 Å². The zero-order valence-electron chi connectivity index (χ0n) is 26.4. The van der Waals surface area contributed by atoms with Crippen LogP contribution in [0.2, 0.25) is 0 Å². The van der Waals surface area contributed by atoms with Crippen molar-refractivity contribution in [2.45, 2.75) is 79.1 Å². The van der Waals surface area contributed by atoms with Crippen LogP contribution in [0.25, 0.3) is 11.1 Å². The maximum absolute atomic E-state index is 6.34. The molecular weight excluding hydrogens is 506 g/mol. The lowest BCUT2D eigenvalue weighted by Crippen LogP contribution is -2.36. The molecule has 1 spiro atoms. The second-order valence-electron chi connectivity index (χ2n) is 12.8. The smallest absolute Gasteiger partial charge is 0.0716 e. The molecule has 7 rings (SSSR count). The van der Waals surface area contributed by atoms with Crippen LogP contribution in [-0.2, 0) is 18.3 Å². The number of nitrogens with two attached hydrogens (primary N) is 1. The van der Waals surface area contributed by atoms with Gasteiger partial charge in [-0.2, -0.15) is 0 Å². The summed E-state index contributed by atoms with van der Waals surface area (Å²) in [5.74, 6) is 0.833. The maximum atomic E-state index is 6.34. The largest absolute Gasteiger partial charge is 0.399 e. The van der Waals surface area contributed by atoms with Crippen molar-refractivity contribution in [1.82, 2.24) is 0 Å². The normalized spacial score (nSPS) is 17.4. The summed E-state index contributed by atoms with van der Waals surface area (Å²) in [4.78, 5) is 0. The van der Waals surface area contributed by atoms with E-state index in [2.05, 4.69) is 133 Å². The summed E-state index contributed by atoms with van der Waals surface area (Å²) in [6.07, 6.45) is 10.7. The van der Waals surface area contributed by atoms with E-state index >= 15 is 0 Å². The summed E-state index contributed by atoms with van der Waals surface area (Å²) < 4.78 is 0. The average Bonchev–Trinajstić information content (AvgIpc) is 3.24. The number of fused-ring (bicyclic) bond motifs is 9. The Bertz CT molecular complexity index is 1560. The highest BCUT2D eigenvalue weighted by molar-refractivity contribution is 5.89. The Hall–Kier alpha value is -3.84. The van der Waals surface area contributed by atoms with Crippen LogP contribution in [0.4, 0.5) is 5.69 Å². The van der Waals surface area contributed by atoms with Crippen LogP contribution in [0.3, 0.4) is 0 Å². The number of hydrogen-bond donors (Lipinski definition) is 1. The second kappa shape index (κ2) is 12.6. The molecule has 1 nitrogen and oxygen atoms in total. The number of aryl methyl sites for hydroxylation is 3. The molecule has 0 aromatic heterocycles. The molecule has 0 amide bonds. The van der Waals surface area contributed by atoms with Crippen molar-refractivity contribution >= 4 is 5.69 Å². The summed E-state index contributed by atoms with van der Waals surface area (Å²) in [5, 5.41) is 0. The molecule has 0 bridgehead atoms. The van der Waals surface area contributed by atoms with E-state index < -0.39 is 0 Å². The fourth-order valence-electron chi connectivity index (χ4n) is 6.76. The molecular formula is C41H47N. The van der Waals surface area contributed by atoms with Gasteiger partial charge in [-0.15, -0.1) is 0 Å². The molecule has 1 unspecified atom stereocenters. The standard InChI is InChI=1S/C27H23N.C10H14.C4H10/c1-17-10-12-21-22-13-11-20(28)16-26(22)27(25(21)14-17)23-8-4-2-6-18(23)15-19-7-3-5-9-24(19)27;1-3-4-10-7-5-9(2)6-8-10;1-4(2)3/h2,4,6-14,16H,3,5,15,28H2,1H3;5-8H,3-4H2,1-2H3;4H,1-3H3. The van der Waals surface area contributed by atoms with Gasteiger partial charge in [0.05, 0.1) is 5.41 Å². The molecule has 216 valence electrons. The van der Waals surface area contributed by atoms with E-state index in [1.54, 1.807) is 0 Å². The van der Waals surface area contributed by atoms with Gasteiger partial charge in [0.2, 0.25) is 0 Å². The highest BCUT2D eigenvalue weighted by Gasteiger charge is 2.51. The lowest BCUT2D eigenvalue weighted by atomic mass is 9.59. The Balaban J connectivity index is 0.000000211. The Morgan fingerprint density at radius 2 is 1.33 bits per heavy atom. The molecule has 0 saturated heterocycles. The molecule has 0 saturated carbocycles. The van der Waals surface area contributed by atoms with E-state index in [0.717, 1.165) is 30.9 Å². The number of benzene rings is 4. The third kappa shape index (κ3) is 5.62. The zero-order chi connectivity index (χ0) is 29.9. The zero-order valence-corrected chi connectivity index (χ0v) is 26.4. The maximum Gasteiger partial charge on any atom is 0.0716 e. The van der Waals surface area contributed by atoms with E-state index in [-0.39, 0.29) is 5.41 Å². The third-order valence-corrected chi connectivity index (χ3v) is 8.43. The third-order valence-electron chi connectivity index (χ3n) is 8.43. The van der Waals surface area contributed by atoms with Gasteiger partial charge in [0.25, 0.3) is 0 Å². The Morgan fingerprint density at radius 1 is 0.714 bits per heavy atom. The van der Waals surface area contributed by atoms with Crippen molar-refractivity contribution in [1.29, 1.82) is 0 Å². The van der Waals surface area contributed by atoms with Crippen LogP contribution in [-0.4, -0.2) is 0 Å². The van der Waals surface area contributed by atoms with Crippen LogP contribution in [0, 0.1) is 19.8 Å². The van der Waals surface area contributed by atoms with Crippen LogP contribution in [0.15, 0.2) is 108 Å². The monoisotopic (exact) mass is 553 g/mol. The first-order chi connectivity index (χ1) is 20.2. The lowest BCUT2D eigenvalue weighted by molar-refractivity contribution is 0.692. The summed E-state index contributed by atoms with van der Waals surface area (Å²) in [7, 11) is 0. The number of anilines is 1. The minimum absolute atomic E-state index is 0.243. The fourth-order valence-corrected chi connectivity index (χ4v) is 6.76. The van der Waals surface area contributed by atoms with Gasteiger partial charge in [0.1, 0.15) is 0 Å². The molecule has 1 atom stereocenters. The minimum Gasteiger partial charge on any atom is -0.399 e. The highest BCUT2D eigenvalue weighted by Crippen LogP contribution is 2.61. The number of rotatable bonds is 2. The highest BCUT2D eigenvalue weighted by atomic mass is 14.6. The van der Waals surface area contributed by atoms with Crippen LogP contribution in [0.5, 0.6) is 0 Å². The van der Waals surface area contributed by atoms with Gasteiger partial charge in [-0.3, -0.25) is 0 Å². The summed E-state index contributed by atoms with van der Waals surface area (Å²) in [6, 6.07) is 31.2. The Morgan fingerprint density at radius 3 is 2.05 bits per heavy atom. The number of hydrogen-bond acceptors (Lipinski definition) is 1. The van der Waals surface area contributed by atoms with Gasteiger partial charge in [-0.05, 0) is 108 Å². The Labute approximate surface area is 254 Å². The minimum atomic E-state index is -0.243. The van der Waals surface area contributed by atoms with Crippen molar-refractivity contribution < 1.29 is 0 Å². The molecule has 3 aliphatic carbocycles. The summed E-state index contributed by atoms with van der Waals surface area (Å²) >= 11 is 0. The number of allylic oxidation sites excluding steroid dienone is 4. The summed E-state index contributed by atoms with van der Waals surface area (Å²) in [6.45, 7) is 13.0. The van der Waals surface area contributed by atoms with Crippen molar-refractivity contribution in [3.8, 4) is 11.1 Å². The molecule has 2 N–H and O–H groups in total. The molecule has 4 aromatic carbocycles. The van der Waals surface area contributed by atoms with Gasteiger partial charge in [-0.1, -0.05) is 130 Å². The fraction of sp³-hybridized carbons (Fsp3) is 0.317. The summed E-state index contributed by atoms with van der Waals surface area (Å²) in [5.41, 5.74) is 22.3. The van der Waals surface area contributed by atoms with Crippen LogP contribution < -0.4 is 5.73 Å². The molecule has 0 radical (unpaired) electrons. The first kappa shape index (κ1) is 29.6. The molecule has 1 heteroatoms. The second-order valence-corrected chi connectivity index (χ2v) is 12.8. The van der Waals surface area contributed by atoms with E-state index in [9.17, 15) is 0 Å². The SMILES string of the molecule is CC(C)C.CCCc1ccc(C)cc1.Cc1ccc2c(c1)C1(C3=CCCC=C3Cc3ccccc31)c1cc(N)ccc1-2. The molecule has 0 aliphatic heterocycles. The van der Waals surface area contributed by atoms with Crippen molar-refractivity contribution in [2.75, 3.05) is 5.73 Å². The predicted molar refractivity (Wildman–Crippen MR) is 182 cm³/mol. The van der Waals surface area contributed by atoms with E-state index in [4.69, 9.17) is 5.73 Å². The lowest BCUT2D eigenvalue weighted by Gasteiger charge is -2.43. The van der Waals surface area contributed by atoms with Crippen LogP contribution in [0.1, 0.15) is 85.9 Å². The molecule has 0 heterocycles. The van der Waals surface area contributed by atoms with Gasteiger partial charge < -0.3 is 5.73 Å². The van der Waals surface area contributed by atoms with Crippen molar-refractivity contribution in [3.63, 3.8) is 0 Å². The molecule has 3 aliphatic rings. The van der Waals surface area contributed by atoms with Gasteiger partial charge in [-0.25, -0.2) is 0 Å².